The highest BCUT2D eigenvalue weighted by Crippen LogP contribution is 2.27. The molecule has 88 valence electrons. The number of hydrogen-bond donors (Lipinski definition) is 0. The highest BCUT2D eigenvalue weighted by molar-refractivity contribution is 6.14. The minimum Gasteiger partial charge on any atom is -0.380 e. The van der Waals surface area contributed by atoms with E-state index >= 15 is 0 Å². The van der Waals surface area contributed by atoms with E-state index in [1.54, 1.807) is 0 Å². The predicted molar refractivity (Wildman–Crippen MR) is 67.3 cm³/mol. The summed E-state index contributed by atoms with van der Waals surface area (Å²) in [5, 5.41) is 0.240. The number of rotatable bonds is 6. The SMILES string of the molecule is C=CCOC(C)CCC1([SiH3])CCCCO1. The van der Waals surface area contributed by atoms with Crippen LogP contribution in [0.25, 0.3) is 0 Å². The number of ether oxygens (including phenoxy) is 2. The van der Waals surface area contributed by atoms with Gasteiger partial charge in [0, 0.05) is 22.1 Å². The lowest BCUT2D eigenvalue weighted by Gasteiger charge is -2.34. The molecule has 0 aromatic heterocycles. The van der Waals surface area contributed by atoms with E-state index in [9.17, 15) is 0 Å². The molecule has 3 heteroatoms. The summed E-state index contributed by atoms with van der Waals surface area (Å²) in [5.74, 6) is 0. The van der Waals surface area contributed by atoms with E-state index in [1.807, 2.05) is 6.08 Å². The average Bonchev–Trinajstić information content (AvgIpc) is 2.25. The molecule has 0 N–H and O–H groups in total. The molecule has 0 amide bonds. The fourth-order valence-electron chi connectivity index (χ4n) is 2.01. The van der Waals surface area contributed by atoms with Crippen LogP contribution in [0.15, 0.2) is 12.7 Å². The van der Waals surface area contributed by atoms with Crippen molar-refractivity contribution in [1.82, 2.24) is 0 Å². The molecule has 1 fully saturated rings. The van der Waals surface area contributed by atoms with E-state index in [1.165, 1.54) is 19.3 Å². The maximum atomic E-state index is 5.91. The highest BCUT2D eigenvalue weighted by Gasteiger charge is 2.27. The molecule has 2 nitrogen and oxygen atoms in total. The van der Waals surface area contributed by atoms with Crippen LogP contribution in [-0.2, 0) is 9.47 Å². The van der Waals surface area contributed by atoms with Gasteiger partial charge in [-0.3, -0.25) is 0 Å². The molecule has 0 bridgehead atoms. The van der Waals surface area contributed by atoms with Crippen LogP contribution >= 0.6 is 0 Å². The molecule has 1 rings (SSSR count). The molecule has 1 aliphatic rings. The molecule has 0 radical (unpaired) electrons. The van der Waals surface area contributed by atoms with Gasteiger partial charge in [-0.2, -0.15) is 0 Å². The smallest absolute Gasteiger partial charge is 0.0648 e. The van der Waals surface area contributed by atoms with Gasteiger partial charge in [0.15, 0.2) is 0 Å². The second-order valence-electron chi connectivity index (χ2n) is 4.73. The molecule has 0 aromatic carbocycles. The zero-order valence-electron chi connectivity index (χ0n) is 10.1. The van der Waals surface area contributed by atoms with Gasteiger partial charge in [-0.1, -0.05) is 6.08 Å². The van der Waals surface area contributed by atoms with Gasteiger partial charge in [-0.15, -0.1) is 6.58 Å². The summed E-state index contributed by atoms with van der Waals surface area (Å²) < 4.78 is 11.5. The monoisotopic (exact) mass is 228 g/mol. The van der Waals surface area contributed by atoms with Crippen LogP contribution in [0.3, 0.4) is 0 Å². The van der Waals surface area contributed by atoms with Crippen molar-refractivity contribution in [2.24, 2.45) is 0 Å². The molecule has 1 aliphatic heterocycles. The topological polar surface area (TPSA) is 18.5 Å². The molecule has 0 aromatic rings. The Hall–Kier alpha value is -0.123. The van der Waals surface area contributed by atoms with E-state index in [-0.39, 0.29) is 5.22 Å². The lowest BCUT2D eigenvalue weighted by Crippen LogP contribution is -2.37. The maximum absolute atomic E-state index is 5.91. The summed E-state index contributed by atoms with van der Waals surface area (Å²) in [6, 6.07) is 0. The summed E-state index contributed by atoms with van der Waals surface area (Å²) in [7, 11) is 1.14. The van der Waals surface area contributed by atoms with E-state index in [0.717, 1.165) is 29.7 Å². The third-order valence-electron chi connectivity index (χ3n) is 3.13. The molecular weight excluding hydrogens is 204 g/mol. The Morgan fingerprint density at radius 2 is 2.40 bits per heavy atom. The van der Waals surface area contributed by atoms with Crippen LogP contribution in [-0.4, -0.2) is 34.8 Å². The van der Waals surface area contributed by atoms with Gasteiger partial charge in [-0.05, 0) is 39.0 Å². The third kappa shape index (κ3) is 4.95. The molecule has 15 heavy (non-hydrogen) atoms. The van der Waals surface area contributed by atoms with Crippen molar-refractivity contribution in [3.8, 4) is 0 Å². The summed E-state index contributed by atoms with van der Waals surface area (Å²) >= 11 is 0. The van der Waals surface area contributed by atoms with Crippen molar-refractivity contribution >= 4 is 10.2 Å². The van der Waals surface area contributed by atoms with E-state index in [0.29, 0.717) is 12.7 Å². The van der Waals surface area contributed by atoms with Gasteiger partial charge >= 0.3 is 0 Å². The standard InChI is InChI=1S/C12H24O2Si/c1-3-9-13-11(2)6-8-12(15)7-4-5-10-14-12/h3,11H,1,4-10H2,2,15H3. The first-order chi connectivity index (χ1) is 7.16. The Labute approximate surface area is 96.5 Å². The molecule has 2 atom stereocenters. The normalized spacial score (nSPS) is 28.9. The van der Waals surface area contributed by atoms with Crippen molar-refractivity contribution in [2.45, 2.75) is 50.4 Å². The average molecular weight is 228 g/mol. The van der Waals surface area contributed by atoms with Crippen molar-refractivity contribution in [1.29, 1.82) is 0 Å². The van der Waals surface area contributed by atoms with Crippen LogP contribution in [0.4, 0.5) is 0 Å². The minimum atomic E-state index is 0.240. The summed E-state index contributed by atoms with van der Waals surface area (Å²) in [6.07, 6.45) is 8.25. The second-order valence-corrected chi connectivity index (χ2v) is 6.55. The molecule has 0 spiro atoms. The van der Waals surface area contributed by atoms with Crippen LogP contribution in [0.5, 0.6) is 0 Å². The Balaban J connectivity index is 2.19. The maximum Gasteiger partial charge on any atom is 0.0648 e. The number of hydrogen-bond acceptors (Lipinski definition) is 2. The zero-order valence-corrected chi connectivity index (χ0v) is 12.1. The Kier molecular flexibility index (Phi) is 5.57. The van der Waals surface area contributed by atoms with Crippen molar-refractivity contribution in [3.05, 3.63) is 12.7 Å². The van der Waals surface area contributed by atoms with E-state index in [4.69, 9.17) is 9.47 Å². The largest absolute Gasteiger partial charge is 0.380 e. The Morgan fingerprint density at radius 3 is 3.00 bits per heavy atom. The second kappa shape index (κ2) is 6.46. The van der Waals surface area contributed by atoms with Crippen LogP contribution in [0.1, 0.15) is 39.0 Å². The first-order valence-electron chi connectivity index (χ1n) is 6.03. The van der Waals surface area contributed by atoms with Crippen molar-refractivity contribution < 1.29 is 9.47 Å². The molecule has 2 unspecified atom stereocenters. The van der Waals surface area contributed by atoms with Crippen molar-refractivity contribution in [3.63, 3.8) is 0 Å². The quantitative estimate of drug-likeness (QED) is 0.508. The molecule has 1 heterocycles. The van der Waals surface area contributed by atoms with Gasteiger partial charge < -0.3 is 9.47 Å². The van der Waals surface area contributed by atoms with Crippen LogP contribution in [0, 0.1) is 0 Å². The minimum absolute atomic E-state index is 0.240. The van der Waals surface area contributed by atoms with Gasteiger partial charge in [0.05, 0.1) is 12.7 Å². The van der Waals surface area contributed by atoms with Gasteiger partial charge in [-0.25, -0.2) is 0 Å². The van der Waals surface area contributed by atoms with E-state index < -0.39 is 0 Å². The van der Waals surface area contributed by atoms with Crippen LogP contribution < -0.4 is 0 Å². The Morgan fingerprint density at radius 1 is 1.60 bits per heavy atom. The molecule has 0 saturated carbocycles. The predicted octanol–water partition coefficient (Wildman–Crippen LogP) is 1.62. The van der Waals surface area contributed by atoms with Gasteiger partial charge in [0.1, 0.15) is 0 Å². The fraction of sp³-hybridized carbons (Fsp3) is 0.833. The third-order valence-corrected chi connectivity index (χ3v) is 4.42. The van der Waals surface area contributed by atoms with Gasteiger partial charge in [0.2, 0.25) is 0 Å². The summed E-state index contributed by atoms with van der Waals surface area (Å²) in [6.45, 7) is 7.42. The van der Waals surface area contributed by atoms with Gasteiger partial charge in [0.25, 0.3) is 0 Å². The Bertz CT molecular complexity index is 188. The molecule has 0 aliphatic carbocycles. The van der Waals surface area contributed by atoms with Crippen LogP contribution in [0.2, 0.25) is 0 Å². The molecular formula is C12H24O2Si. The van der Waals surface area contributed by atoms with E-state index in [2.05, 4.69) is 13.5 Å². The summed E-state index contributed by atoms with van der Waals surface area (Å²) in [4.78, 5) is 0. The van der Waals surface area contributed by atoms with Crippen molar-refractivity contribution in [2.75, 3.05) is 13.2 Å². The zero-order chi connectivity index (χ0) is 11.1. The first kappa shape index (κ1) is 12.9. The molecule has 1 saturated heterocycles. The first-order valence-corrected chi connectivity index (χ1v) is 7.03. The lowest BCUT2D eigenvalue weighted by atomic mass is 10.0. The lowest BCUT2D eigenvalue weighted by molar-refractivity contribution is -0.0333. The fourth-order valence-corrected chi connectivity index (χ4v) is 2.86. The summed E-state index contributed by atoms with van der Waals surface area (Å²) in [5.41, 5.74) is 0. The highest BCUT2D eigenvalue weighted by atomic mass is 28.1.